The molecule has 0 unspecified atom stereocenters. The van der Waals surface area contributed by atoms with Crippen LogP contribution < -0.4 is 10.6 Å². The molecule has 0 saturated heterocycles. The van der Waals surface area contributed by atoms with Gasteiger partial charge in [-0.25, -0.2) is 4.98 Å². The smallest absolute Gasteiger partial charge is 0.231 e. The second-order valence-corrected chi connectivity index (χ2v) is 8.25. The minimum atomic E-state index is -0.556. The maximum absolute atomic E-state index is 12.1. The van der Waals surface area contributed by atoms with Crippen LogP contribution in [0.5, 0.6) is 5.75 Å². The highest BCUT2D eigenvalue weighted by atomic mass is 32.1. The maximum atomic E-state index is 12.1. The Morgan fingerprint density at radius 3 is 2.57 bits per heavy atom. The van der Waals surface area contributed by atoms with Crippen LogP contribution in [-0.2, 0) is 4.79 Å². The Labute approximate surface area is 169 Å². The van der Waals surface area contributed by atoms with E-state index in [1.165, 1.54) is 6.07 Å². The summed E-state index contributed by atoms with van der Waals surface area (Å²) in [6, 6.07) is 8.82. The summed E-state index contributed by atoms with van der Waals surface area (Å²) in [7, 11) is 0. The largest absolute Gasteiger partial charge is 0.507 e. The third kappa shape index (κ3) is 4.14. The monoisotopic (exact) mass is 397 g/mol. The quantitative estimate of drug-likeness (QED) is 0.430. The first-order chi connectivity index (χ1) is 13.0. The number of anilines is 1. The number of aromatic hydroxyl groups is 1. The van der Waals surface area contributed by atoms with Crippen LogP contribution in [0.25, 0.3) is 22.6 Å². The number of aromatic nitrogens is 1. The molecule has 2 aromatic carbocycles. The average Bonchev–Trinajstić information content (AvgIpc) is 2.99. The van der Waals surface area contributed by atoms with Crippen LogP contribution in [-0.4, -0.2) is 21.1 Å². The fourth-order valence-corrected chi connectivity index (χ4v) is 2.94. The van der Waals surface area contributed by atoms with Gasteiger partial charge >= 0.3 is 0 Å². The van der Waals surface area contributed by atoms with Gasteiger partial charge in [-0.05, 0) is 61.5 Å². The van der Waals surface area contributed by atoms with Gasteiger partial charge in [0.1, 0.15) is 11.3 Å². The topological polar surface area (TPSA) is 87.4 Å². The van der Waals surface area contributed by atoms with E-state index in [0.717, 1.165) is 16.6 Å². The Bertz CT molecular complexity index is 1080. The van der Waals surface area contributed by atoms with E-state index in [1.54, 1.807) is 32.9 Å². The third-order valence-electron chi connectivity index (χ3n) is 4.21. The number of aryl methyl sites for hydroxylation is 2. The molecule has 0 bridgehead atoms. The Morgan fingerprint density at radius 1 is 1.18 bits per heavy atom. The second kappa shape index (κ2) is 7.24. The predicted octanol–water partition coefficient (Wildman–Crippen LogP) is 4.68. The van der Waals surface area contributed by atoms with Crippen molar-refractivity contribution in [3.8, 4) is 17.2 Å². The number of benzene rings is 2. The minimum absolute atomic E-state index is 0.0381. The number of fused-ring (bicyclic) bond motifs is 1. The zero-order chi connectivity index (χ0) is 20.6. The summed E-state index contributed by atoms with van der Waals surface area (Å²) in [5.74, 6) is 0.166. The van der Waals surface area contributed by atoms with E-state index in [1.807, 2.05) is 26.0 Å². The van der Waals surface area contributed by atoms with Crippen molar-refractivity contribution in [1.82, 2.24) is 10.3 Å². The number of nitrogens with zero attached hydrogens (tertiary/aromatic N) is 1. The number of hydrogen-bond donors (Lipinski definition) is 3. The molecule has 3 aromatic rings. The van der Waals surface area contributed by atoms with Gasteiger partial charge in [-0.2, -0.15) is 0 Å². The first-order valence-corrected chi connectivity index (χ1v) is 9.29. The first-order valence-electron chi connectivity index (χ1n) is 8.88. The number of rotatable bonds is 2. The molecule has 7 heteroatoms. The van der Waals surface area contributed by atoms with Crippen LogP contribution in [0, 0.1) is 19.3 Å². The van der Waals surface area contributed by atoms with E-state index in [9.17, 15) is 9.90 Å². The molecule has 1 aromatic heterocycles. The molecule has 0 aliphatic rings. The molecule has 1 amide bonds. The molecule has 0 atom stereocenters. The predicted molar refractivity (Wildman–Crippen MR) is 114 cm³/mol. The van der Waals surface area contributed by atoms with Crippen molar-refractivity contribution < 1.29 is 14.3 Å². The van der Waals surface area contributed by atoms with Crippen molar-refractivity contribution in [2.45, 2.75) is 34.6 Å². The van der Waals surface area contributed by atoms with Crippen LogP contribution in [0.3, 0.4) is 0 Å². The molecular formula is C21H23N3O3S. The standard InChI is InChI=1S/C21H23N3O3S/c1-11-8-12(2)17-15(9-11)23-18(27-17)14-10-13(6-7-16(14)25)22-20(28)24-19(26)21(3,4)5/h6-10,25H,1-5H3,(H2,22,24,26,28). The van der Waals surface area contributed by atoms with E-state index >= 15 is 0 Å². The number of phenols is 1. The zero-order valence-corrected chi connectivity index (χ0v) is 17.3. The fraction of sp³-hybridized carbons (Fsp3) is 0.286. The summed E-state index contributed by atoms with van der Waals surface area (Å²) in [5.41, 5.74) is 3.97. The van der Waals surface area contributed by atoms with Gasteiger partial charge in [0.15, 0.2) is 10.7 Å². The van der Waals surface area contributed by atoms with Crippen molar-refractivity contribution in [2.24, 2.45) is 5.41 Å². The van der Waals surface area contributed by atoms with Crippen LogP contribution >= 0.6 is 12.2 Å². The third-order valence-corrected chi connectivity index (χ3v) is 4.42. The number of thiocarbonyl (C=S) groups is 1. The van der Waals surface area contributed by atoms with Crippen LogP contribution in [0.4, 0.5) is 5.69 Å². The van der Waals surface area contributed by atoms with Gasteiger partial charge in [0.2, 0.25) is 11.8 Å². The van der Waals surface area contributed by atoms with Crippen molar-refractivity contribution in [1.29, 1.82) is 0 Å². The molecule has 0 radical (unpaired) electrons. The molecule has 0 aliphatic heterocycles. The number of carbonyl (C=O) groups excluding carboxylic acids is 1. The highest BCUT2D eigenvalue weighted by molar-refractivity contribution is 7.80. The van der Waals surface area contributed by atoms with Gasteiger partial charge < -0.3 is 20.2 Å². The Kier molecular flexibility index (Phi) is 5.12. The van der Waals surface area contributed by atoms with Crippen LogP contribution in [0.2, 0.25) is 0 Å². The van der Waals surface area contributed by atoms with Gasteiger partial charge in [-0.3, -0.25) is 4.79 Å². The molecule has 146 valence electrons. The summed E-state index contributed by atoms with van der Waals surface area (Å²) in [6.07, 6.45) is 0. The van der Waals surface area contributed by atoms with Gasteiger partial charge in [0.25, 0.3) is 0 Å². The SMILES string of the molecule is Cc1cc(C)c2oc(-c3cc(NC(=S)NC(=O)C(C)(C)C)ccc3O)nc2c1. The number of amides is 1. The maximum Gasteiger partial charge on any atom is 0.231 e. The van der Waals surface area contributed by atoms with Crippen molar-refractivity contribution in [2.75, 3.05) is 5.32 Å². The highest BCUT2D eigenvalue weighted by Gasteiger charge is 2.22. The Morgan fingerprint density at radius 2 is 1.89 bits per heavy atom. The lowest BCUT2D eigenvalue weighted by Crippen LogP contribution is -2.41. The highest BCUT2D eigenvalue weighted by Crippen LogP contribution is 2.34. The molecule has 3 N–H and O–H groups in total. The number of carbonyl (C=O) groups is 1. The van der Waals surface area contributed by atoms with E-state index in [2.05, 4.69) is 15.6 Å². The molecule has 0 saturated carbocycles. The lowest BCUT2D eigenvalue weighted by molar-refractivity contribution is -0.126. The molecule has 6 nitrogen and oxygen atoms in total. The summed E-state index contributed by atoms with van der Waals surface area (Å²) in [5, 5.41) is 16.1. The molecule has 0 aliphatic carbocycles. The molecule has 0 fully saturated rings. The van der Waals surface area contributed by atoms with E-state index in [-0.39, 0.29) is 16.8 Å². The van der Waals surface area contributed by atoms with E-state index < -0.39 is 5.41 Å². The molecule has 1 heterocycles. The Balaban J connectivity index is 1.89. The van der Waals surface area contributed by atoms with Gasteiger partial charge in [-0.15, -0.1) is 0 Å². The van der Waals surface area contributed by atoms with Crippen LogP contribution in [0.1, 0.15) is 31.9 Å². The number of phenolic OH excluding ortho intramolecular Hbond substituents is 1. The summed E-state index contributed by atoms with van der Waals surface area (Å²) in [4.78, 5) is 16.6. The first kappa shape index (κ1) is 19.8. The lowest BCUT2D eigenvalue weighted by Gasteiger charge is -2.18. The number of oxazole rings is 1. The summed E-state index contributed by atoms with van der Waals surface area (Å²) in [6.45, 7) is 9.37. The van der Waals surface area contributed by atoms with Crippen molar-refractivity contribution in [3.63, 3.8) is 0 Å². The number of hydrogen-bond acceptors (Lipinski definition) is 5. The number of nitrogens with one attached hydrogen (secondary N) is 2. The van der Waals surface area contributed by atoms with E-state index in [0.29, 0.717) is 22.7 Å². The second-order valence-electron chi connectivity index (χ2n) is 7.84. The molecule has 3 rings (SSSR count). The zero-order valence-electron chi connectivity index (χ0n) is 16.5. The summed E-state index contributed by atoms with van der Waals surface area (Å²) < 4.78 is 5.89. The van der Waals surface area contributed by atoms with E-state index in [4.69, 9.17) is 16.6 Å². The van der Waals surface area contributed by atoms with Gasteiger partial charge in [0, 0.05) is 11.1 Å². The van der Waals surface area contributed by atoms with Crippen molar-refractivity contribution >= 4 is 40.0 Å². The minimum Gasteiger partial charge on any atom is -0.507 e. The normalized spacial score (nSPS) is 11.5. The average molecular weight is 398 g/mol. The van der Waals surface area contributed by atoms with Crippen molar-refractivity contribution in [3.05, 3.63) is 41.5 Å². The Hall–Kier alpha value is -2.93. The van der Waals surface area contributed by atoms with Gasteiger partial charge in [0.05, 0.1) is 5.56 Å². The molecule has 0 spiro atoms. The fourth-order valence-electron chi connectivity index (χ4n) is 2.73. The summed E-state index contributed by atoms with van der Waals surface area (Å²) >= 11 is 5.21. The lowest BCUT2D eigenvalue weighted by atomic mass is 9.96. The molecule has 28 heavy (non-hydrogen) atoms. The van der Waals surface area contributed by atoms with Gasteiger partial charge in [-0.1, -0.05) is 26.8 Å². The van der Waals surface area contributed by atoms with Crippen LogP contribution in [0.15, 0.2) is 34.7 Å². The molecular weight excluding hydrogens is 374 g/mol.